The predicted octanol–water partition coefficient (Wildman–Crippen LogP) is 0.375. The molecule has 1 fully saturated rings. The van der Waals surface area contributed by atoms with Gasteiger partial charge in [0.1, 0.15) is 10.6 Å². The molecule has 0 aromatic heterocycles. The van der Waals surface area contributed by atoms with Gasteiger partial charge in [0.15, 0.2) is 9.84 Å². The van der Waals surface area contributed by atoms with Gasteiger partial charge in [-0.15, -0.1) is 0 Å². The van der Waals surface area contributed by atoms with Crippen LogP contribution in [0.4, 0.5) is 0 Å². The average Bonchev–Trinajstić information content (AvgIpc) is 2.48. The molecule has 0 bridgehead atoms. The van der Waals surface area contributed by atoms with E-state index in [1.165, 1.54) is 19.2 Å². The van der Waals surface area contributed by atoms with E-state index < -0.39 is 19.9 Å². The zero-order chi connectivity index (χ0) is 17.3. The molecule has 0 spiro atoms. The Bertz CT molecular complexity index is 774. The van der Waals surface area contributed by atoms with E-state index in [0.717, 1.165) is 25.3 Å². The minimum Gasteiger partial charge on any atom is -0.495 e. The van der Waals surface area contributed by atoms with Crippen molar-refractivity contribution in [1.82, 2.24) is 10.0 Å². The lowest BCUT2D eigenvalue weighted by atomic mass is 9.96. The SMILES string of the molecule is COc1ccc(S(C)(=O)=O)cc1S(=O)(=O)NC1CNCCC1C. The maximum atomic E-state index is 12.7. The van der Waals surface area contributed by atoms with E-state index in [1.807, 2.05) is 6.92 Å². The summed E-state index contributed by atoms with van der Waals surface area (Å²) < 4.78 is 56.5. The van der Waals surface area contributed by atoms with Crippen molar-refractivity contribution < 1.29 is 21.6 Å². The van der Waals surface area contributed by atoms with E-state index in [1.54, 1.807) is 0 Å². The highest BCUT2D eigenvalue weighted by Gasteiger charge is 2.29. The van der Waals surface area contributed by atoms with Crippen molar-refractivity contribution in [2.24, 2.45) is 5.92 Å². The standard InChI is InChI=1S/C14H22N2O5S2/c1-10-6-7-15-9-12(10)16-23(19,20)14-8-11(22(3,17)18)4-5-13(14)21-2/h4-5,8,10,12,15-16H,6-7,9H2,1-3H3. The van der Waals surface area contributed by atoms with Gasteiger partial charge in [0.2, 0.25) is 10.0 Å². The van der Waals surface area contributed by atoms with Gasteiger partial charge in [0.05, 0.1) is 12.0 Å². The first kappa shape index (κ1) is 18.2. The molecular weight excluding hydrogens is 340 g/mol. The normalized spacial score (nSPS) is 22.7. The molecule has 1 aliphatic heterocycles. The molecule has 130 valence electrons. The van der Waals surface area contributed by atoms with Crippen LogP contribution in [0.15, 0.2) is 28.0 Å². The molecule has 7 nitrogen and oxygen atoms in total. The molecule has 1 heterocycles. The number of sulfonamides is 1. The quantitative estimate of drug-likeness (QED) is 0.785. The molecule has 0 radical (unpaired) electrons. The first-order valence-electron chi connectivity index (χ1n) is 7.26. The lowest BCUT2D eigenvalue weighted by Crippen LogP contribution is -2.50. The van der Waals surface area contributed by atoms with Crippen molar-refractivity contribution in [2.45, 2.75) is 29.2 Å². The van der Waals surface area contributed by atoms with Crippen LogP contribution in [0.3, 0.4) is 0 Å². The number of benzene rings is 1. The van der Waals surface area contributed by atoms with Crippen molar-refractivity contribution >= 4 is 19.9 Å². The van der Waals surface area contributed by atoms with Crippen molar-refractivity contribution in [1.29, 1.82) is 0 Å². The van der Waals surface area contributed by atoms with Crippen LogP contribution >= 0.6 is 0 Å². The summed E-state index contributed by atoms with van der Waals surface area (Å²) in [6, 6.07) is 3.57. The number of sulfone groups is 1. The minimum atomic E-state index is -3.90. The number of ether oxygens (including phenoxy) is 1. The third-order valence-electron chi connectivity index (χ3n) is 3.99. The smallest absolute Gasteiger partial charge is 0.244 e. The maximum absolute atomic E-state index is 12.7. The molecule has 23 heavy (non-hydrogen) atoms. The molecule has 2 rings (SSSR count). The predicted molar refractivity (Wildman–Crippen MR) is 86.9 cm³/mol. The molecule has 2 atom stereocenters. The number of methoxy groups -OCH3 is 1. The number of hydrogen-bond donors (Lipinski definition) is 2. The van der Waals surface area contributed by atoms with Gasteiger partial charge in [-0.1, -0.05) is 6.92 Å². The Morgan fingerprint density at radius 3 is 2.52 bits per heavy atom. The number of nitrogens with one attached hydrogen (secondary N) is 2. The highest BCUT2D eigenvalue weighted by atomic mass is 32.2. The van der Waals surface area contributed by atoms with Crippen LogP contribution in [0.2, 0.25) is 0 Å². The number of rotatable bonds is 5. The lowest BCUT2D eigenvalue weighted by molar-refractivity contribution is 0.326. The highest BCUT2D eigenvalue weighted by molar-refractivity contribution is 7.91. The van der Waals surface area contributed by atoms with E-state index in [-0.39, 0.29) is 27.5 Å². The second-order valence-electron chi connectivity index (χ2n) is 5.78. The van der Waals surface area contributed by atoms with Gasteiger partial charge in [0.25, 0.3) is 0 Å². The fourth-order valence-electron chi connectivity index (χ4n) is 2.51. The van der Waals surface area contributed by atoms with Crippen LogP contribution in [0.1, 0.15) is 13.3 Å². The fourth-order valence-corrected chi connectivity index (χ4v) is 4.77. The maximum Gasteiger partial charge on any atom is 0.244 e. The van der Waals surface area contributed by atoms with Crippen molar-refractivity contribution in [3.05, 3.63) is 18.2 Å². The van der Waals surface area contributed by atoms with E-state index in [9.17, 15) is 16.8 Å². The number of piperidine rings is 1. The molecule has 0 aliphatic carbocycles. The van der Waals surface area contributed by atoms with Gasteiger partial charge in [-0.25, -0.2) is 21.6 Å². The largest absolute Gasteiger partial charge is 0.495 e. The first-order valence-corrected chi connectivity index (χ1v) is 10.6. The first-order chi connectivity index (χ1) is 10.6. The van der Waals surface area contributed by atoms with Crippen LogP contribution < -0.4 is 14.8 Å². The zero-order valence-corrected chi connectivity index (χ0v) is 15.0. The Kier molecular flexibility index (Phi) is 5.34. The van der Waals surface area contributed by atoms with Gasteiger partial charge < -0.3 is 10.1 Å². The lowest BCUT2D eigenvalue weighted by Gasteiger charge is -2.30. The molecule has 1 aromatic rings. The Labute approximate surface area is 137 Å². The van der Waals surface area contributed by atoms with Gasteiger partial charge in [-0.05, 0) is 37.1 Å². The molecular formula is C14H22N2O5S2. The van der Waals surface area contributed by atoms with Gasteiger partial charge >= 0.3 is 0 Å². The van der Waals surface area contributed by atoms with Crippen LogP contribution in [0.5, 0.6) is 5.75 Å². The monoisotopic (exact) mass is 362 g/mol. The molecule has 1 saturated heterocycles. The van der Waals surface area contributed by atoms with Crippen molar-refractivity contribution in [3.8, 4) is 5.75 Å². The Balaban J connectivity index is 2.41. The second kappa shape index (κ2) is 6.76. The molecule has 0 amide bonds. The van der Waals surface area contributed by atoms with Crippen LogP contribution in [-0.2, 0) is 19.9 Å². The van der Waals surface area contributed by atoms with Crippen molar-refractivity contribution in [3.63, 3.8) is 0 Å². The van der Waals surface area contributed by atoms with Crippen LogP contribution in [-0.4, -0.2) is 49.3 Å². The van der Waals surface area contributed by atoms with Gasteiger partial charge in [0, 0.05) is 18.8 Å². The Morgan fingerprint density at radius 2 is 1.96 bits per heavy atom. The summed E-state index contributed by atoms with van der Waals surface area (Å²) in [6.07, 6.45) is 1.90. The van der Waals surface area contributed by atoms with E-state index in [4.69, 9.17) is 4.74 Å². The average molecular weight is 362 g/mol. The summed E-state index contributed by atoms with van der Waals surface area (Å²) in [5.74, 6) is 0.302. The molecule has 1 aromatic carbocycles. The summed E-state index contributed by atoms with van der Waals surface area (Å²) in [5.41, 5.74) is 0. The minimum absolute atomic E-state index is 0.0616. The topological polar surface area (TPSA) is 102 Å². The molecule has 9 heteroatoms. The van der Waals surface area contributed by atoms with Gasteiger partial charge in [-0.3, -0.25) is 0 Å². The summed E-state index contributed by atoms with van der Waals surface area (Å²) >= 11 is 0. The molecule has 2 N–H and O–H groups in total. The van der Waals surface area contributed by atoms with Gasteiger partial charge in [-0.2, -0.15) is 0 Å². The number of hydrogen-bond acceptors (Lipinski definition) is 6. The third-order valence-corrected chi connectivity index (χ3v) is 6.61. The summed E-state index contributed by atoms with van der Waals surface area (Å²) in [6.45, 7) is 3.37. The molecule has 0 saturated carbocycles. The third kappa shape index (κ3) is 4.23. The van der Waals surface area contributed by atoms with E-state index in [2.05, 4.69) is 10.0 Å². The fraction of sp³-hybridized carbons (Fsp3) is 0.571. The van der Waals surface area contributed by atoms with E-state index in [0.29, 0.717) is 6.54 Å². The Hall–Kier alpha value is -1.16. The summed E-state index contributed by atoms with van der Waals surface area (Å²) in [4.78, 5) is -0.228. The van der Waals surface area contributed by atoms with Crippen molar-refractivity contribution in [2.75, 3.05) is 26.5 Å². The van der Waals surface area contributed by atoms with Crippen LogP contribution in [0, 0.1) is 5.92 Å². The summed E-state index contributed by atoms with van der Waals surface area (Å²) in [7, 11) is -6.07. The Morgan fingerprint density at radius 1 is 1.26 bits per heavy atom. The zero-order valence-electron chi connectivity index (χ0n) is 13.4. The van der Waals surface area contributed by atoms with Crippen LogP contribution in [0.25, 0.3) is 0 Å². The second-order valence-corrected chi connectivity index (χ2v) is 9.48. The molecule has 1 aliphatic rings. The summed E-state index contributed by atoms with van der Waals surface area (Å²) in [5, 5.41) is 3.15. The van der Waals surface area contributed by atoms with E-state index >= 15 is 0 Å². The highest BCUT2D eigenvalue weighted by Crippen LogP contribution is 2.27. The molecule has 2 unspecified atom stereocenters.